The molecule has 0 aromatic heterocycles. The monoisotopic (exact) mass is 525 g/mol. The van der Waals surface area contributed by atoms with Gasteiger partial charge >= 0.3 is 0 Å². The average molecular weight is 527 g/mol. The summed E-state index contributed by atoms with van der Waals surface area (Å²) in [7, 11) is 0. The Morgan fingerprint density at radius 1 is 0.867 bits per heavy atom. The van der Waals surface area contributed by atoms with Crippen molar-refractivity contribution in [3.05, 3.63) is 92.4 Å². The van der Waals surface area contributed by atoms with E-state index in [1.165, 1.54) is 6.08 Å². The van der Waals surface area contributed by atoms with Crippen molar-refractivity contribution in [3.63, 3.8) is 0 Å². The van der Waals surface area contributed by atoms with Crippen LogP contribution in [-0.2, 0) is 9.59 Å². The Balaban J connectivity index is 1.71. The Hall–Kier alpha value is -2.24. The molecule has 5 heteroatoms. The van der Waals surface area contributed by atoms with E-state index in [4.69, 9.17) is 0 Å². The lowest BCUT2D eigenvalue weighted by molar-refractivity contribution is -0.128. The normalized spacial score (nSPS) is 20.5. The first-order valence-corrected chi connectivity index (χ1v) is 11.4. The molecule has 0 N–H and O–H groups in total. The summed E-state index contributed by atoms with van der Waals surface area (Å²) in [6.07, 6.45) is 6.87. The minimum Gasteiger partial charge on any atom is -0.339 e. The van der Waals surface area contributed by atoms with Crippen molar-refractivity contribution < 1.29 is 9.59 Å². The Morgan fingerprint density at radius 3 is 1.70 bits per heavy atom. The van der Waals surface area contributed by atoms with Crippen LogP contribution in [0.4, 0.5) is 0 Å². The van der Waals surface area contributed by atoms with Crippen LogP contribution in [-0.4, -0.2) is 29.7 Å². The number of piperidine rings is 1. The molecule has 1 heterocycles. The van der Waals surface area contributed by atoms with Gasteiger partial charge in [-0.05, 0) is 66.5 Å². The molecular formula is C25H21Br2NO2. The Kier molecular flexibility index (Phi) is 5.94. The van der Waals surface area contributed by atoms with E-state index in [1.54, 1.807) is 0 Å². The standard InChI is InChI=1S/C25H21Br2NO2/c1-2-23(29)28-13-11-25(12-14-28)21(15-17-3-7-19(26)8-4-17)24(30)22(25)16-18-5-9-20(27)10-6-18/h2-10,15-16H,1,11-14H2/b21-15-,22-16-. The largest absolute Gasteiger partial charge is 0.339 e. The molecule has 3 nitrogen and oxygen atoms in total. The van der Waals surface area contributed by atoms with Crippen LogP contribution in [0.3, 0.4) is 0 Å². The molecule has 2 aromatic carbocycles. The van der Waals surface area contributed by atoms with Crippen molar-refractivity contribution in [2.24, 2.45) is 5.41 Å². The lowest BCUT2D eigenvalue weighted by Gasteiger charge is -2.50. The number of amides is 1. The van der Waals surface area contributed by atoms with Gasteiger partial charge in [-0.25, -0.2) is 0 Å². The maximum absolute atomic E-state index is 13.2. The van der Waals surface area contributed by atoms with E-state index in [1.807, 2.05) is 65.6 Å². The van der Waals surface area contributed by atoms with Crippen molar-refractivity contribution in [2.75, 3.05) is 13.1 Å². The van der Waals surface area contributed by atoms with Gasteiger partial charge in [0.1, 0.15) is 0 Å². The summed E-state index contributed by atoms with van der Waals surface area (Å²) < 4.78 is 2.01. The first kappa shape index (κ1) is 21.0. The molecule has 2 fully saturated rings. The van der Waals surface area contributed by atoms with Crippen LogP contribution in [0.2, 0.25) is 0 Å². The molecular weight excluding hydrogens is 506 g/mol. The number of nitrogens with zero attached hydrogens (tertiary/aromatic N) is 1. The van der Waals surface area contributed by atoms with Gasteiger partial charge in [0, 0.05) is 38.6 Å². The van der Waals surface area contributed by atoms with Crippen LogP contribution in [0, 0.1) is 5.41 Å². The highest BCUT2D eigenvalue weighted by Gasteiger charge is 2.54. The number of benzene rings is 2. The number of carbonyl (C=O) groups excluding carboxylic acids is 2. The van der Waals surface area contributed by atoms with Crippen molar-refractivity contribution in [1.82, 2.24) is 4.90 Å². The minimum absolute atomic E-state index is 0.0487. The predicted octanol–water partition coefficient (Wildman–Crippen LogP) is 6.06. The molecule has 2 aliphatic rings. The number of ketones is 1. The highest BCUT2D eigenvalue weighted by atomic mass is 79.9. The lowest BCUT2D eigenvalue weighted by Crippen LogP contribution is -2.52. The molecule has 1 saturated heterocycles. The summed E-state index contributed by atoms with van der Waals surface area (Å²) in [4.78, 5) is 27.1. The topological polar surface area (TPSA) is 37.4 Å². The van der Waals surface area contributed by atoms with Gasteiger partial charge in [-0.1, -0.05) is 62.7 Å². The number of hydrogen-bond acceptors (Lipinski definition) is 2. The zero-order valence-corrected chi connectivity index (χ0v) is 19.6. The molecule has 1 aliphatic heterocycles. The molecule has 1 spiro atoms. The zero-order valence-electron chi connectivity index (χ0n) is 16.4. The summed E-state index contributed by atoms with van der Waals surface area (Å²) in [6.45, 7) is 4.84. The number of rotatable bonds is 3. The second-order valence-electron chi connectivity index (χ2n) is 7.66. The van der Waals surface area contributed by atoms with Gasteiger partial charge in [0.2, 0.25) is 5.91 Å². The molecule has 1 amide bonds. The van der Waals surface area contributed by atoms with Gasteiger partial charge in [-0.3, -0.25) is 9.59 Å². The third-order valence-corrected chi connectivity index (χ3v) is 7.04. The van der Waals surface area contributed by atoms with Crippen molar-refractivity contribution in [1.29, 1.82) is 0 Å². The molecule has 2 aromatic rings. The van der Waals surface area contributed by atoms with Crippen molar-refractivity contribution >= 4 is 55.7 Å². The first-order chi connectivity index (χ1) is 14.4. The number of hydrogen-bond donors (Lipinski definition) is 0. The van der Waals surface area contributed by atoms with Gasteiger partial charge in [0.05, 0.1) is 0 Å². The highest BCUT2D eigenvalue weighted by Crippen LogP contribution is 2.56. The maximum atomic E-state index is 13.2. The molecule has 0 bridgehead atoms. The molecule has 4 rings (SSSR count). The van der Waals surface area contributed by atoms with Crippen LogP contribution in [0.1, 0.15) is 24.0 Å². The first-order valence-electron chi connectivity index (χ1n) is 9.84. The van der Waals surface area contributed by atoms with E-state index in [0.717, 1.165) is 44.1 Å². The average Bonchev–Trinajstić information content (AvgIpc) is 2.77. The fourth-order valence-corrected chi connectivity index (χ4v) is 4.83. The number of allylic oxidation sites excluding steroid dienone is 2. The third kappa shape index (κ3) is 3.88. The third-order valence-electron chi connectivity index (χ3n) is 5.99. The molecule has 0 unspecified atom stereocenters. The minimum atomic E-state index is -0.310. The van der Waals surface area contributed by atoms with E-state index >= 15 is 0 Å². The highest BCUT2D eigenvalue weighted by molar-refractivity contribution is 9.10. The van der Waals surface area contributed by atoms with Crippen LogP contribution in [0.25, 0.3) is 12.2 Å². The van der Waals surface area contributed by atoms with E-state index in [9.17, 15) is 9.59 Å². The Morgan fingerprint density at radius 2 is 1.30 bits per heavy atom. The van der Waals surface area contributed by atoms with Crippen LogP contribution in [0.5, 0.6) is 0 Å². The Bertz CT molecular complexity index is 990. The molecule has 152 valence electrons. The van der Waals surface area contributed by atoms with Crippen molar-refractivity contribution in [2.45, 2.75) is 12.8 Å². The molecule has 1 aliphatic carbocycles. The summed E-state index contributed by atoms with van der Waals surface area (Å²) in [5.74, 6) is 0.0525. The number of halogens is 2. The summed E-state index contributed by atoms with van der Waals surface area (Å²) in [5.41, 5.74) is 3.40. The molecule has 0 atom stereocenters. The van der Waals surface area contributed by atoms with Crippen LogP contribution < -0.4 is 0 Å². The zero-order chi connectivity index (χ0) is 21.3. The predicted molar refractivity (Wildman–Crippen MR) is 128 cm³/mol. The SMILES string of the molecule is C=CC(=O)N1CCC2(CC1)/C(=C\c1ccc(Br)cc1)C(=O)/C2=C/c1ccc(Br)cc1. The quantitative estimate of drug-likeness (QED) is 0.456. The molecule has 1 saturated carbocycles. The fraction of sp³-hybridized carbons (Fsp3) is 0.200. The van der Waals surface area contributed by atoms with Gasteiger partial charge in [0.15, 0.2) is 5.78 Å². The molecule has 30 heavy (non-hydrogen) atoms. The van der Waals surface area contributed by atoms with Gasteiger partial charge in [-0.2, -0.15) is 0 Å². The second-order valence-corrected chi connectivity index (χ2v) is 9.49. The number of likely N-dealkylation sites (tertiary alicyclic amines) is 1. The smallest absolute Gasteiger partial charge is 0.245 e. The summed E-state index contributed by atoms with van der Waals surface area (Å²) >= 11 is 6.92. The second kappa shape index (κ2) is 8.48. The van der Waals surface area contributed by atoms with Crippen molar-refractivity contribution in [3.8, 4) is 0 Å². The van der Waals surface area contributed by atoms with Gasteiger partial charge in [-0.15, -0.1) is 0 Å². The van der Waals surface area contributed by atoms with Gasteiger partial charge in [0.25, 0.3) is 0 Å². The van der Waals surface area contributed by atoms with E-state index < -0.39 is 0 Å². The number of carbonyl (C=O) groups is 2. The molecule has 0 radical (unpaired) electrons. The summed E-state index contributed by atoms with van der Waals surface area (Å²) in [6, 6.07) is 15.9. The van der Waals surface area contributed by atoms with E-state index in [0.29, 0.717) is 13.1 Å². The number of Topliss-reactive ketones (excluding diaryl/α,β-unsaturated/α-hetero) is 1. The Labute approximate surface area is 193 Å². The van der Waals surface area contributed by atoms with E-state index in [-0.39, 0.29) is 17.1 Å². The summed E-state index contributed by atoms with van der Waals surface area (Å²) in [5, 5.41) is 0. The lowest BCUT2D eigenvalue weighted by atomic mass is 9.54. The fourth-order valence-electron chi connectivity index (χ4n) is 4.30. The van der Waals surface area contributed by atoms with Crippen LogP contribution >= 0.6 is 31.9 Å². The van der Waals surface area contributed by atoms with Crippen LogP contribution in [0.15, 0.2) is 81.3 Å². The van der Waals surface area contributed by atoms with Gasteiger partial charge < -0.3 is 4.90 Å². The van der Waals surface area contributed by atoms with E-state index in [2.05, 4.69) is 38.4 Å². The maximum Gasteiger partial charge on any atom is 0.245 e.